The third-order valence-electron chi connectivity index (χ3n) is 7.08. The van der Waals surface area contributed by atoms with E-state index in [0.29, 0.717) is 12.8 Å². The number of hydrogen-bond acceptors (Lipinski definition) is 5. The predicted octanol–water partition coefficient (Wildman–Crippen LogP) is 3.83. The highest BCUT2D eigenvalue weighted by Crippen LogP contribution is 2.44. The van der Waals surface area contributed by atoms with Crippen LogP contribution in [0.25, 0.3) is 11.1 Å². The van der Waals surface area contributed by atoms with Crippen LogP contribution in [0.5, 0.6) is 0 Å². The Morgan fingerprint density at radius 2 is 1.54 bits per heavy atom. The van der Waals surface area contributed by atoms with Gasteiger partial charge in [-0.25, -0.2) is 9.59 Å². The van der Waals surface area contributed by atoms with Gasteiger partial charge in [0.15, 0.2) is 6.10 Å². The standard InChI is InChI=1S/C27H32N2O6/c1-34-23(24(30)29-27(25(31)32)14-8-2-3-9-15-27)16-28-26(33)35-17-22-20-12-6-4-10-18(20)19-11-5-7-13-21(19)22/h4-7,10-13,22-23H,2-3,8-9,14-17H2,1H3,(H,28,33)(H,29,30)(H,31,32). The fourth-order valence-electron chi connectivity index (χ4n) is 5.15. The molecule has 2 aromatic carbocycles. The molecular formula is C27H32N2O6. The third-order valence-corrected chi connectivity index (χ3v) is 7.08. The molecule has 2 aromatic rings. The minimum atomic E-state index is -1.30. The first kappa shape index (κ1) is 24.7. The number of carboxylic acids is 1. The second-order valence-corrected chi connectivity index (χ2v) is 9.22. The van der Waals surface area contributed by atoms with E-state index in [1.807, 2.05) is 36.4 Å². The van der Waals surface area contributed by atoms with Crippen LogP contribution in [-0.4, -0.2) is 55.0 Å². The first-order valence-electron chi connectivity index (χ1n) is 12.1. The smallest absolute Gasteiger partial charge is 0.407 e. The molecule has 0 heterocycles. The molecule has 1 fully saturated rings. The van der Waals surface area contributed by atoms with E-state index in [1.165, 1.54) is 7.11 Å². The molecule has 2 amide bonds. The summed E-state index contributed by atoms with van der Waals surface area (Å²) in [5, 5.41) is 15.1. The van der Waals surface area contributed by atoms with Gasteiger partial charge in [-0.1, -0.05) is 74.2 Å². The first-order chi connectivity index (χ1) is 16.9. The Morgan fingerprint density at radius 1 is 0.971 bits per heavy atom. The van der Waals surface area contributed by atoms with Crippen molar-refractivity contribution in [2.24, 2.45) is 0 Å². The zero-order valence-corrected chi connectivity index (χ0v) is 19.9. The molecule has 1 saturated carbocycles. The lowest BCUT2D eigenvalue weighted by molar-refractivity contribution is -0.150. The summed E-state index contributed by atoms with van der Waals surface area (Å²) < 4.78 is 10.8. The molecule has 4 rings (SSSR count). The Bertz CT molecular complexity index is 1030. The Balaban J connectivity index is 1.33. The average molecular weight is 481 g/mol. The molecule has 0 spiro atoms. The van der Waals surface area contributed by atoms with Crippen molar-refractivity contribution in [2.75, 3.05) is 20.3 Å². The lowest BCUT2D eigenvalue weighted by atomic mass is 9.90. The molecule has 2 aliphatic carbocycles. The van der Waals surface area contributed by atoms with Crippen LogP contribution in [0.4, 0.5) is 4.79 Å². The van der Waals surface area contributed by atoms with Gasteiger partial charge in [-0.15, -0.1) is 0 Å². The summed E-state index contributed by atoms with van der Waals surface area (Å²) in [6.07, 6.45) is 2.43. The number of rotatable bonds is 8. The van der Waals surface area contributed by atoms with Crippen LogP contribution in [0.2, 0.25) is 0 Å². The second kappa shape index (κ2) is 10.9. The third kappa shape index (κ3) is 5.32. The van der Waals surface area contributed by atoms with E-state index >= 15 is 0 Å². The van der Waals surface area contributed by atoms with E-state index in [0.717, 1.165) is 47.9 Å². The van der Waals surface area contributed by atoms with Gasteiger partial charge in [-0.05, 0) is 35.1 Å². The quantitative estimate of drug-likeness (QED) is 0.495. The zero-order chi connectivity index (χ0) is 24.8. The highest BCUT2D eigenvalue weighted by atomic mass is 16.5. The summed E-state index contributed by atoms with van der Waals surface area (Å²) in [5.41, 5.74) is 3.20. The van der Waals surface area contributed by atoms with Crippen LogP contribution in [0, 0.1) is 0 Å². The molecule has 0 radical (unpaired) electrons. The van der Waals surface area contributed by atoms with Crippen molar-refractivity contribution < 1.29 is 29.0 Å². The minimum absolute atomic E-state index is 0.0691. The minimum Gasteiger partial charge on any atom is -0.480 e. The number of aliphatic carboxylic acids is 1. The fourth-order valence-corrected chi connectivity index (χ4v) is 5.15. The van der Waals surface area contributed by atoms with Crippen LogP contribution >= 0.6 is 0 Å². The molecule has 1 unspecified atom stereocenters. The molecule has 8 nitrogen and oxygen atoms in total. The van der Waals surface area contributed by atoms with Crippen molar-refractivity contribution >= 4 is 18.0 Å². The van der Waals surface area contributed by atoms with Crippen molar-refractivity contribution in [3.8, 4) is 11.1 Å². The molecule has 186 valence electrons. The van der Waals surface area contributed by atoms with Crippen molar-refractivity contribution in [3.63, 3.8) is 0 Å². The van der Waals surface area contributed by atoms with E-state index in [9.17, 15) is 19.5 Å². The topological polar surface area (TPSA) is 114 Å². The van der Waals surface area contributed by atoms with Gasteiger partial charge < -0.3 is 25.2 Å². The number of hydrogen-bond donors (Lipinski definition) is 3. The summed E-state index contributed by atoms with van der Waals surface area (Å²) in [6, 6.07) is 16.1. The summed E-state index contributed by atoms with van der Waals surface area (Å²) in [6.45, 7) is 0.0283. The number of carbonyl (C=O) groups is 3. The van der Waals surface area contributed by atoms with Crippen LogP contribution in [0.1, 0.15) is 55.6 Å². The molecule has 1 atom stereocenters. The number of benzene rings is 2. The number of nitrogens with one attached hydrogen (secondary N) is 2. The van der Waals surface area contributed by atoms with Crippen molar-refractivity contribution in [1.82, 2.24) is 10.6 Å². The number of carbonyl (C=O) groups excluding carboxylic acids is 2. The summed E-state index contributed by atoms with van der Waals surface area (Å²) in [5.74, 6) is -1.66. The highest BCUT2D eigenvalue weighted by Gasteiger charge is 2.41. The Kier molecular flexibility index (Phi) is 7.70. The van der Waals surface area contributed by atoms with Gasteiger partial charge in [-0.3, -0.25) is 4.79 Å². The lowest BCUT2D eigenvalue weighted by Crippen LogP contribution is -2.58. The molecule has 35 heavy (non-hydrogen) atoms. The first-order valence-corrected chi connectivity index (χ1v) is 12.1. The molecule has 0 aliphatic heterocycles. The van der Waals surface area contributed by atoms with Crippen molar-refractivity contribution in [1.29, 1.82) is 0 Å². The highest BCUT2D eigenvalue weighted by molar-refractivity contribution is 5.89. The van der Waals surface area contributed by atoms with Gasteiger partial charge >= 0.3 is 12.1 Å². The molecular weight excluding hydrogens is 448 g/mol. The normalized spacial score (nSPS) is 17.4. The monoisotopic (exact) mass is 480 g/mol. The maximum absolute atomic E-state index is 12.8. The predicted molar refractivity (Wildman–Crippen MR) is 130 cm³/mol. The summed E-state index contributed by atoms with van der Waals surface area (Å²) in [7, 11) is 1.35. The van der Waals surface area contributed by atoms with Crippen LogP contribution in [0.3, 0.4) is 0 Å². The molecule has 8 heteroatoms. The van der Waals surface area contributed by atoms with Crippen LogP contribution in [0.15, 0.2) is 48.5 Å². The number of amides is 2. The largest absolute Gasteiger partial charge is 0.480 e. The van der Waals surface area contributed by atoms with E-state index < -0.39 is 29.6 Å². The van der Waals surface area contributed by atoms with E-state index in [1.54, 1.807) is 0 Å². The van der Waals surface area contributed by atoms with Gasteiger partial charge in [0.05, 0.1) is 6.54 Å². The van der Waals surface area contributed by atoms with Gasteiger partial charge in [-0.2, -0.15) is 0 Å². The van der Waals surface area contributed by atoms with Gasteiger partial charge in [0.1, 0.15) is 12.1 Å². The Labute approximate surface area is 205 Å². The van der Waals surface area contributed by atoms with E-state index in [-0.39, 0.29) is 19.1 Å². The number of carboxylic acid groups (broad SMARTS) is 1. The summed E-state index contributed by atoms with van der Waals surface area (Å²) >= 11 is 0. The Hall–Kier alpha value is -3.39. The lowest BCUT2D eigenvalue weighted by Gasteiger charge is -2.31. The molecule has 0 bridgehead atoms. The van der Waals surface area contributed by atoms with E-state index in [2.05, 4.69) is 22.8 Å². The zero-order valence-electron chi connectivity index (χ0n) is 19.9. The van der Waals surface area contributed by atoms with Gasteiger partial charge in [0.25, 0.3) is 5.91 Å². The molecule has 0 aromatic heterocycles. The SMILES string of the molecule is COC(CNC(=O)OCC1c2ccccc2-c2ccccc21)C(=O)NC1(C(=O)O)CCCCCC1. The van der Waals surface area contributed by atoms with Gasteiger partial charge in [0, 0.05) is 13.0 Å². The maximum atomic E-state index is 12.8. The number of ether oxygens (including phenoxy) is 2. The molecule has 3 N–H and O–H groups in total. The Morgan fingerprint density at radius 3 is 2.09 bits per heavy atom. The summed E-state index contributed by atoms with van der Waals surface area (Å²) in [4.78, 5) is 37.3. The molecule has 0 saturated heterocycles. The second-order valence-electron chi connectivity index (χ2n) is 9.22. The molecule has 2 aliphatic rings. The number of fused-ring (bicyclic) bond motifs is 3. The number of alkyl carbamates (subject to hydrolysis) is 1. The van der Waals surface area contributed by atoms with Crippen molar-refractivity contribution in [2.45, 2.75) is 56.1 Å². The van der Waals surface area contributed by atoms with Gasteiger partial charge in [0.2, 0.25) is 0 Å². The van der Waals surface area contributed by atoms with E-state index in [4.69, 9.17) is 9.47 Å². The van der Waals surface area contributed by atoms with Crippen LogP contribution < -0.4 is 10.6 Å². The average Bonchev–Trinajstić information content (AvgIpc) is 2.99. The number of methoxy groups -OCH3 is 1. The maximum Gasteiger partial charge on any atom is 0.407 e. The van der Waals surface area contributed by atoms with Crippen LogP contribution in [-0.2, 0) is 19.1 Å². The van der Waals surface area contributed by atoms with Crippen molar-refractivity contribution in [3.05, 3.63) is 59.7 Å². The fraction of sp³-hybridized carbons (Fsp3) is 0.444.